The van der Waals surface area contributed by atoms with Gasteiger partial charge in [0.25, 0.3) is 0 Å². The Morgan fingerprint density at radius 2 is 2.00 bits per heavy atom. The number of carbonyl (C=O) groups is 2. The van der Waals surface area contributed by atoms with E-state index in [0.29, 0.717) is 12.0 Å². The lowest BCUT2D eigenvalue weighted by Crippen LogP contribution is -2.56. The quantitative estimate of drug-likeness (QED) is 0.286. The van der Waals surface area contributed by atoms with Crippen molar-refractivity contribution in [3.63, 3.8) is 0 Å². The van der Waals surface area contributed by atoms with E-state index in [9.17, 15) is 30.0 Å². The smallest absolute Gasteiger partial charge is 0.338 e. The van der Waals surface area contributed by atoms with Gasteiger partial charge in [-0.25, -0.2) is 4.79 Å². The van der Waals surface area contributed by atoms with Gasteiger partial charge in [-0.15, -0.1) is 0 Å². The third-order valence-electron chi connectivity index (χ3n) is 5.03. The maximum atomic E-state index is 12.6. The molecule has 0 unspecified atom stereocenters. The van der Waals surface area contributed by atoms with E-state index in [-0.39, 0.29) is 24.5 Å². The SMILES string of the molecule is CCCCOC(=O)[C@]1(O)C[C@@H](O)[C@@H](O)[C@H](C(=O)/C=C/c2ccc(O)c(OC)c2)C1. The molecule has 1 aromatic rings. The second-order valence-corrected chi connectivity index (χ2v) is 7.26. The second-order valence-electron chi connectivity index (χ2n) is 7.26. The maximum Gasteiger partial charge on any atom is 0.338 e. The first-order valence-electron chi connectivity index (χ1n) is 9.56. The van der Waals surface area contributed by atoms with Crippen LogP contribution in [-0.4, -0.2) is 63.7 Å². The first-order valence-corrected chi connectivity index (χ1v) is 9.56. The van der Waals surface area contributed by atoms with Crippen molar-refractivity contribution in [2.75, 3.05) is 13.7 Å². The number of phenols is 1. The Hall–Kier alpha value is -2.42. The standard InChI is InChI=1S/C21H28O8/c1-3-4-9-29-20(26)21(27)11-14(19(25)17(24)12-21)15(22)7-5-13-6-8-16(23)18(10-13)28-2/h5-8,10,14,17,19,23-25,27H,3-4,9,11-12H2,1-2H3/b7-5+/t14-,17+,19-,21+/m0/s1. The topological polar surface area (TPSA) is 134 Å². The number of phenolic OH excluding ortho intramolecular Hbond substituents is 1. The zero-order valence-electron chi connectivity index (χ0n) is 16.6. The molecule has 2 rings (SSSR count). The highest BCUT2D eigenvalue weighted by atomic mass is 16.5. The zero-order valence-corrected chi connectivity index (χ0v) is 16.6. The Bertz CT molecular complexity index is 759. The van der Waals surface area contributed by atoms with Crippen LogP contribution >= 0.6 is 0 Å². The minimum atomic E-state index is -2.04. The molecule has 0 aliphatic heterocycles. The van der Waals surface area contributed by atoms with Crippen LogP contribution in [0.3, 0.4) is 0 Å². The fourth-order valence-electron chi connectivity index (χ4n) is 3.28. The fourth-order valence-corrected chi connectivity index (χ4v) is 3.28. The molecule has 1 fully saturated rings. The van der Waals surface area contributed by atoms with Crippen molar-refractivity contribution < 1.29 is 39.5 Å². The molecule has 1 saturated carbocycles. The first-order chi connectivity index (χ1) is 13.7. The number of aliphatic hydroxyl groups excluding tert-OH is 2. The molecule has 160 valence electrons. The molecule has 0 bridgehead atoms. The van der Waals surface area contributed by atoms with Crippen molar-refractivity contribution in [2.45, 2.75) is 50.4 Å². The van der Waals surface area contributed by atoms with Gasteiger partial charge in [-0.05, 0) is 36.6 Å². The van der Waals surface area contributed by atoms with Crippen LogP contribution in [0.15, 0.2) is 24.3 Å². The van der Waals surface area contributed by atoms with E-state index in [1.807, 2.05) is 6.92 Å². The lowest BCUT2D eigenvalue weighted by atomic mass is 9.73. The Balaban J connectivity index is 2.14. The summed E-state index contributed by atoms with van der Waals surface area (Å²) in [6, 6.07) is 4.50. The number of carbonyl (C=O) groups excluding carboxylic acids is 2. The Kier molecular flexibility index (Phi) is 7.78. The largest absolute Gasteiger partial charge is 0.504 e. The molecule has 0 saturated heterocycles. The molecule has 0 amide bonds. The summed E-state index contributed by atoms with van der Waals surface area (Å²) in [4.78, 5) is 24.9. The monoisotopic (exact) mass is 408 g/mol. The Morgan fingerprint density at radius 3 is 2.66 bits per heavy atom. The Labute approximate surface area is 169 Å². The van der Waals surface area contributed by atoms with E-state index in [0.717, 1.165) is 6.42 Å². The molecule has 29 heavy (non-hydrogen) atoms. The van der Waals surface area contributed by atoms with Crippen molar-refractivity contribution in [3.8, 4) is 11.5 Å². The second kappa shape index (κ2) is 9.87. The highest BCUT2D eigenvalue weighted by Gasteiger charge is 2.51. The number of hydrogen-bond acceptors (Lipinski definition) is 8. The normalized spacial score (nSPS) is 27.0. The van der Waals surface area contributed by atoms with Crippen LogP contribution in [0.5, 0.6) is 11.5 Å². The average molecular weight is 408 g/mol. The van der Waals surface area contributed by atoms with E-state index in [1.54, 1.807) is 6.07 Å². The van der Waals surface area contributed by atoms with Crippen LogP contribution in [0, 0.1) is 5.92 Å². The molecular formula is C21H28O8. The molecule has 8 nitrogen and oxygen atoms in total. The highest BCUT2D eigenvalue weighted by Crippen LogP contribution is 2.35. The van der Waals surface area contributed by atoms with Crippen LogP contribution in [0.2, 0.25) is 0 Å². The van der Waals surface area contributed by atoms with Gasteiger partial charge in [0.05, 0.1) is 31.8 Å². The van der Waals surface area contributed by atoms with E-state index in [2.05, 4.69) is 0 Å². The van der Waals surface area contributed by atoms with Gasteiger partial charge in [0.1, 0.15) is 0 Å². The predicted octanol–water partition coefficient (Wildman–Crippen LogP) is 1.19. The summed E-state index contributed by atoms with van der Waals surface area (Å²) in [5.41, 5.74) is -1.48. The van der Waals surface area contributed by atoms with Gasteiger partial charge in [-0.1, -0.05) is 25.5 Å². The molecule has 1 aliphatic rings. The number of esters is 1. The van der Waals surface area contributed by atoms with Crippen molar-refractivity contribution in [3.05, 3.63) is 29.8 Å². The molecular weight excluding hydrogens is 380 g/mol. The number of aromatic hydroxyl groups is 1. The van der Waals surface area contributed by atoms with Gasteiger partial charge >= 0.3 is 5.97 Å². The van der Waals surface area contributed by atoms with E-state index in [4.69, 9.17) is 9.47 Å². The molecule has 0 radical (unpaired) electrons. The summed E-state index contributed by atoms with van der Waals surface area (Å²) in [6.07, 6.45) is 0.487. The van der Waals surface area contributed by atoms with Crippen molar-refractivity contribution in [1.82, 2.24) is 0 Å². The molecule has 0 aromatic heterocycles. The number of benzene rings is 1. The van der Waals surface area contributed by atoms with E-state index < -0.39 is 41.9 Å². The summed E-state index contributed by atoms with van der Waals surface area (Å²) < 4.78 is 10.1. The number of hydrogen-bond donors (Lipinski definition) is 4. The molecule has 0 heterocycles. The lowest BCUT2D eigenvalue weighted by molar-refractivity contribution is -0.185. The molecule has 1 aliphatic carbocycles. The number of methoxy groups -OCH3 is 1. The number of aliphatic hydroxyl groups is 3. The van der Waals surface area contributed by atoms with Crippen LogP contribution < -0.4 is 4.74 Å². The van der Waals surface area contributed by atoms with Gasteiger partial charge in [0, 0.05) is 6.42 Å². The minimum absolute atomic E-state index is 0.0477. The third kappa shape index (κ3) is 5.56. The minimum Gasteiger partial charge on any atom is -0.504 e. The lowest BCUT2D eigenvalue weighted by Gasteiger charge is -2.39. The van der Waals surface area contributed by atoms with Gasteiger partial charge in [-0.2, -0.15) is 0 Å². The van der Waals surface area contributed by atoms with Gasteiger partial charge < -0.3 is 29.9 Å². The molecule has 0 spiro atoms. The molecule has 8 heteroatoms. The predicted molar refractivity (Wildman–Crippen MR) is 104 cm³/mol. The van der Waals surface area contributed by atoms with Crippen molar-refractivity contribution in [1.29, 1.82) is 0 Å². The maximum absolute atomic E-state index is 12.6. The van der Waals surface area contributed by atoms with E-state index in [1.165, 1.54) is 31.4 Å². The summed E-state index contributed by atoms with van der Waals surface area (Å²) in [5.74, 6) is -2.44. The number of ketones is 1. The summed E-state index contributed by atoms with van der Waals surface area (Å²) >= 11 is 0. The number of unbranched alkanes of at least 4 members (excludes halogenated alkanes) is 1. The molecule has 4 atom stereocenters. The summed E-state index contributed by atoms with van der Waals surface area (Å²) in [5, 5.41) is 40.6. The highest BCUT2D eigenvalue weighted by molar-refractivity contribution is 5.96. The number of ether oxygens (including phenoxy) is 2. The Morgan fingerprint density at radius 1 is 1.28 bits per heavy atom. The zero-order chi connectivity index (χ0) is 21.6. The number of rotatable bonds is 8. The van der Waals surface area contributed by atoms with E-state index >= 15 is 0 Å². The van der Waals surface area contributed by atoms with Crippen LogP contribution in [-0.2, 0) is 14.3 Å². The van der Waals surface area contributed by atoms with Crippen molar-refractivity contribution >= 4 is 17.8 Å². The summed E-state index contributed by atoms with van der Waals surface area (Å²) in [6.45, 7) is 2.06. The van der Waals surface area contributed by atoms with Crippen LogP contribution in [0.4, 0.5) is 0 Å². The van der Waals surface area contributed by atoms with Crippen molar-refractivity contribution in [2.24, 2.45) is 5.92 Å². The van der Waals surface area contributed by atoms with Crippen LogP contribution in [0.25, 0.3) is 6.08 Å². The molecule has 1 aromatic carbocycles. The average Bonchev–Trinajstić information content (AvgIpc) is 2.70. The first kappa shape index (κ1) is 22.9. The molecule has 4 N–H and O–H groups in total. The van der Waals surface area contributed by atoms with Gasteiger partial charge in [0.15, 0.2) is 22.9 Å². The summed E-state index contributed by atoms with van der Waals surface area (Å²) in [7, 11) is 1.40. The van der Waals surface area contributed by atoms with Gasteiger partial charge in [0.2, 0.25) is 0 Å². The fraction of sp³-hybridized carbons (Fsp3) is 0.524. The number of allylic oxidation sites excluding steroid dienone is 1. The third-order valence-corrected chi connectivity index (χ3v) is 5.03. The van der Waals surface area contributed by atoms with Gasteiger partial charge in [-0.3, -0.25) is 4.79 Å². The van der Waals surface area contributed by atoms with Crippen LogP contribution in [0.1, 0.15) is 38.2 Å².